The van der Waals surface area contributed by atoms with Gasteiger partial charge in [0.15, 0.2) is 14.7 Å². The monoisotopic (exact) mass is 646 g/mol. The lowest BCUT2D eigenvalue weighted by atomic mass is 9.94. The zero-order chi connectivity index (χ0) is 32.9. The molecule has 0 aliphatic carbocycles. The Morgan fingerprint density at radius 1 is 1.14 bits per heavy atom. The highest BCUT2D eigenvalue weighted by Gasteiger charge is 2.26. The van der Waals surface area contributed by atoms with E-state index >= 15 is 0 Å². The van der Waals surface area contributed by atoms with Crippen molar-refractivity contribution in [1.82, 2.24) is 14.8 Å². The van der Waals surface area contributed by atoms with Crippen LogP contribution in [0, 0.1) is 5.92 Å². The van der Waals surface area contributed by atoms with Crippen molar-refractivity contribution < 1.29 is 24.2 Å². The molecular weight excluding hydrogens is 595 g/mol. The molecule has 11 heteroatoms. The van der Waals surface area contributed by atoms with E-state index in [1.165, 1.54) is 43.2 Å². The van der Waals surface area contributed by atoms with Crippen molar-refractivity contribution in [3.05, 3.63) is 64.8 Å². The predicted octanol–water partition coefficient (Wildman–Crippen LogP) is 6.18. The molecular formula is C33H51N4O5PS. The van der Waals surface area contributed by atoms with E-state index in [1.807, 2.05) is 55.3 Å². The summed E-state index contributed by atoms with van der Waals surface area (Å²) in [6, 6.07) is 11.4. The first kappa shape index (κ1) is 39.3. The molecule has 0 unspecified atom stereocenters. The molecule has 0 saturated carbocycles. The van der Waals surface area contributed by atoms with Crippen LogP contribution in [0.3, 0.4) is 0 Å². The summed E-state index contributed by atoms with van der Waals surface area (Å²) < 4.78 is 1.04. The second-order valence-corrected chi connectivity index (χ2v) is 12.5. The fraction of sp³-hybridized carbons (Fsp3) is 0.515. The maximum absolute atomic E-state index is 11.6. The van der Waals surface area contributed by atoms with Gasteiger partial charge in [-0.05, 0) is 73.0 Å². The third-order valence-corrected chi connectivity index (χ3v) is 8.95. The standard InChI is InChI=1S/C11H21NO.C10H9O3PS.C9H10N2O.C2H6.CH5N/c1-3-10(2)6-7-11(13)12-8-4-5-9-12;11-5-9-4-8-3-7(6-14(12)13)1-2-10(8)15-9;12-7-11-5-9(6-11)8-2-1-3-10-4-8;2*1-2/h10H,3-9H2,1-2H3;1-5,12-13H,6H2;1-4,7,9H,5-6H2;1-2H3;2H2,1H3/t10-;;;;/m0..../s1. The minimum absolute atomic E-state index is 0.275. The molecule has 2 fully saturated rings. The Balaban J connectivity index is 0.000000313. The number of nitrogens with two attached hydrogens (primary N) is 1. The number of likely N-dealkylation sites (tertiary alicyclic amines) is 2. The van der Waals surface area contributed by atoms with Crippen molar-refractivity contribution in [3.63, 3.8) is 0 Å². The number of nitrogens with zero attached hydrogens (tertiary/aromatic N) is 3. The Labute approximate surface area is 268 Å². The number of thiophene rings is 1. The summed E-state index contributed by atoms with van der Waals surface area (Å²) in [5, 5.41) is 0.983. The fourth-order valence-corrected chi connectivity index (χ4v) is 5.94. The van der Waals surface area contributed by atoms with Crippen LogP contribution in [0.2, 0.25) is 0 Å². The van der Waals surface area contributed by atoms with Gasteiger partial charge in [0, 0.05) is 61.8 Å². The van der Waals surface area contributed by atoms with Crippen molar-refractivity contribution in [3.8, 4) is 0 Å². The largest absolute Gasteiger partial charge is 0.350 e. The second-order valence-electron chi connectivity index (χ2n) is 10.4. The second kappa shape index (κ2) is 22.7. The molecule has 0 radical (unpaired) electrons. The SMILES string of the molecule is CC.CC[C@H](C)CCC(=O)N1CCCC1.CN.O=CN1CC(c2cccnc2)C1.O=Cc1cc2cc(CP(O)O)ccc2s1. The molecule has 2 saturated heterocycles. The maximum Gasteiger partial charge on any atom is 0.222 e. The summed E-state index contributed by atoms with van der Waals surface area (Å²) in [4.78, 5) is 58.7. The third-order valence-electron chi connectivity index (χ3n) is 7.26. The summed E-state index contributed by atoms with van der Waals surface area (Å²) in [6.45, 7) is 12.1. The van der Waals surface area contributed by atoms with Crippen LogP contribution in [0.15, 0.2) is 48.8 Å². The summed E-state index contributed by atoms with van der Waals surface area (Å²) in [5.41, 5.74) is 6.62. The van der Waals surface area contributed by atoms with E-state index in [1.54, 1.807) is 11.1 Å². The molecule has 1 aromatic carbocycles. The van der Waals surface area contributed by atoms with E-state index in [-0.39, 0.29) is 6.16 Å². The molecule has 1 atom stereocenters. The third kappa shape index (κ3) is 13.9. The number of rotatable bonds is 9. The first-order valence-corrected chi connectivity index (χ1v) is 17.7. The molecule has 9 nitrogen and oxygen atoms in total. The van der Waals surface area contributed by atoms with Crippen LogP contribution in [-0.4, -0.2) is 76.4 Å². The van der Waals surface area contributed by atoms with Crippen LogP contribution >= 0.6 is 19.7 Å². The Morgan fingerprint density at radius 3 is 2.36 bits per heavy atom. The maximum atomic E-state index is 11.6. The summed E-state index contributed by atoms with van der Waals surface area (Å²) in [5.74, 6) is 1.58. The topological polar surface area (TPSA) is 137 Å². The van der Waals surface area contributed by atoms with Crippen LogP contribution in [-0.2, 0) is 15.8 Å². The lowest BCUT2D eigenvalue weighted by Crippen LogP contribution is -2.43. The van der Waals surface area contributed by atoms with E-state index < -0.39 is 8.38 Å². The number of aldehydes is 1. The number of hydrogen-bond donors (Lipinski definition) is 3. The molecule has 2 aliphatic heterocycles. The summed E-state index contributed by atoms with van der Waals surface area (Å²) >= 11 is 1.44. The van der Waals surface area contributed by atoms with Gasteiger partial charge in [-0.1, -0.05) is 46.2 Å². The minimum atomic E-state index is -1.90. The molecule has 5 rings (SSSR count). The average molecular weight is 647 g/mol. The minimum Gasteiger partial charge on any atom is -0.350 e. The molecule has 44 heavy (non-hydrogen) atoms. The van der Waals surface area contributed by atoms with Crippen LogP contribution in [0.1, 0.15) is 86.5 Å². The molecule has 3 aromatic rings. The average Bonchev–Trinajstić information content (AvgIpc) is 3.72. The molecule has 2 amide bonds. The van der Waals surface area contributed by atoms with E-state index in [2.05, 4.69) is 30.6 Å². The van der Waals surface area contributed by atoms with Gasteiger partial charge in [-0.3, -0.25) is 19.4 Å². The Kier molecular flexibility index (Phi) is 20.3. The van der Waals surface area contributed by atoms with Gasteiger partial charge >= 0.3 is 0 Å². The molecule has 2 aromatic heterocycles. The van der Waals surface area contributed by atoms with Crippen molar-refractivity contribution in [2.45, 2.75) is 71.9 Å². The Bertz CT molecular complexity index is 1220. The molecule has 4 heterocycles. The molecule has 0 bridgehead atoms. The number of pyridine rings is 1. The van der Waals surface area contributed by atoms with Gasteiger partial charge in [-0.2, -0.15) is 0 Å². The van der Waals surface area contributed by atoms with Crippen molar-refractivity contribution >= 4 is 48.4 Å². The fourth-order valence-electron chi connectivity index (χ4n) is 4.56. The lowest BCUT2D eigenvalue weighted by molar-refractivity contribution is -0.130. The quantitative estimate of drug-likeness (QED) is 0.186. The Morgan fingerprint density at radius 2 is 1.82 bits per heavy atom. The number of amides is 2. The molecule has 2 aliphatic rings. The number of hydrogen-bond acceptors (Lipinski definition) is 8. The van der Waals surface area contributed by atoms with E-state index in [4.69, 9.17) is 9.79 Å². The van der Waals surface area contributed by atoms with Crippen LogP contribution in [0.25, 0.3) is 10.1 Å². The van der Waals surface area contributed by atoms with Gasteiger partial charge in [0.25, 0.3) is 0 Å². The van der Waals surface area contributed by atoms with E-state index in [0.717, 1.165) is 67.4 Å². The number of benzene rings is 1. The van der Waals surface area contributed by atoms with Gasteiger partial charge in [0.2, 0.25) is 12.3 Å². The highest BCUT2D eigenvalue weighted by atomic mass is 32.1. The number of fused-ring (bicyclic) bond motifs is 1. The van der Waals surface area contributed by atoms with Crippen molar-refractivity contribution in [1.29, 1.82) is 0 Å². The summed E-state index contributed by atoms with van der Waals surface area (Å²) in [7, 11) is -0.395. The lowest BCUT2D eigenvalue weighted by Gasteiger charge is -2.36. The number of carbonyl (C=O) groups excluding carboxylic acids is 3. The highest BCUT2D eigenvalue weighted by molar-refractivity contribution is 7.44. The molecule has 244 valence electrons. The van der Waals surface area contributed by atoms with Crippen LogP contribution in [0.4, 0.5) is 0 Å². The number of carbonyl (C=O) groups is 3. The normalized spacial score (nSPS) is 14.4. The smallest absolute Gasteiger partial charge is 0.222 e. The van der Waals surface area contributed by atoms with Crippen molar-refractivity contribution in [2.24, 2.45) is 11.7 Å². The zero-order valence-electron chi connectivity index (χ0n) is 26.9. The van der Waals surface area contributed by atoms with E-state index in [9.17, 15) is 14.4 Å². The van der Waals surface area contributed by atoms with Gasteiger partial charge in [0.05, 0.1) is 4.88 Å². The van der Waals surface area contributed by atoms with Gasteiger partial charge < -0.3 is 25.3 Å². The first-order chi connectivity index (χ1) is 21.3. The van der Waals surface area contributed by atoms with Gasteiger partial charge in [0.1, 0.15) is 0 Å². The summed E-state index contributed by atoms with van der Waals surface area (Å²) in [6.07, 6.45) is 11.0. The zero-order valence-corrected chi connectivity index (χ0v) is 28.6. The predicted molar refractivity (Wildman–Crippen MR) is 183 cm³/mol. The molecule has 4 N–H and O–H groups in total. The van der Waals surface area contributed by atoms with E-state index in [0.29, 0.717) is 22.6 Å². The van der Waals surface area contributed by atoms with Crippen LogP contribution in [0.5, 0.6) is 0 Å². The molecule has 0 spiro atoms. The first-order valence-electron chi connectivity index (χ1n) is 15.4. The van der Waals surface area contributed by atoms with Gasteiger partial charge in [-0.15, -0.1) is 11.3 Å². The van der Waals surface area contributed by atoms with Crippen LogP contribution < -0.4 is 5.73 Å². The number of aromatic nitrogens is 1. The Hall–Kier alpha value is -2.75. The van der Waals surface area contributed by atoms with Gasteiger partial charge in [-0.25, -0.2) is 0 Å². The highest BCUT2D eigenvalue weighted by Crippen LogP contribution is 2.32. The van der Waals surface area contributed by atoms with Crippen molar-refractivity contribution in [2.75, 3.05) is 33.2 Å².